The van der Waals surface area contributed by atoms with Crippen molar-refractivity contribution < 1.29 is 14.4 Å². The number of aromatic nitrogens is 1. The Labute approximate surface area is 129 Å². The monoisotopic (exact) mass is 301 g/mol. The van der Waals surface area contributed by atoms with Crippen LogP contribution in [0, 0.1) is 5.41 Å². The van der Waals surface area contributed by atoms with Crippen molar-refractivity contribution >= 4 is 17.6 Å². The summed E-state index contributed by atoms with van der Waals surface area (Å²) < 4.78 is 0. The summed E-state index contributed by atoms with van der Waals surface area (Å²) in [6.45, 7) is 1.58. The standard InChI is InChI=1S/C16H19N3O3/c1-18-8-3-5-16(15(18)22)6-9-19(11-16)14(21)13(20)12-4-2-7-17-10-12/h2,4,7,10H,3,5-6,8-9,11H2,1H3/t16-/m1/s1. The number of pyridine rings is 1. The predicted octanol–water partition coefficient (Wildman–Crippen LogP) is 0.735. The third-order valence-electron chi connectivity index (χ3n) is 4.71. The number of carbonyl (C=O) groups is 3. The van der Waals surface area contributed by atoms with Gasteiger partial charge in [-0.05, 0) is 31.4 Å². The molecule has 0 aromatic carbocycles. The number of hydrogen-bond acceptors (Lipinski definition) is 4. The Bertz CT molecular complexity index is 616. The summed E-state index contributed by atoms with van der Waals surface area (Å²) in [5.74, 6) is -0.990. The predicted molar refractivity (Wildman–Crippen MR) is 79.1 cm³/mol. The van der Waals surface area contributed by atoms with E-state index in [-0.39, 0.29) is 5.91 Å². The van der Waals surface area contributed by atoms with Gasteiger partial charge < -0.3 is 9.80 Å². The Hall–Kier alpha value is -2.24. The molecule has 0 saturated carbocycles. The van der Waals surface area contributed by atoms with Crippen molar-refractivity contribution in [3.05, 3.63) is 30.1 Å². The van der Waals surface area contributed by atoms with Gasteiger partial charge in [-0.15, -0.1) is 0 Å². The van der Waals surface area contributed by atoms with Crippen LogP contribution >= 0.6 is 0 Å². The molecule has 1 spiro atoms. The molecule has 2 amide bonds. The number of carbonyl (C=O) groups excluding carboxylic acids is 3. The van der Waals surface area contributed by atoms with Gasteiger partial charge in [-0.1, -0.05) is 0 Å². The SMILES string of the molecule is CN1CCC[C@]2(CCN(C(=O)C(=O)c3cccnc3)C2)C1=O. The molecule has 0 radical (unpaired) electrons. The Morgan fingerprint density at radius 2 is 2.09 bits per heavy atom. The van der Waals surface area contributed by atoms with Gasteiger partial charge in [-0.25, -0.2) is 0 Å². The molecule has 2 fully saturated rings. The highest BCUT2D eigenvalue weighted by Gasteiger charge is 2.49. The van der Waals surface area contributed by atoms with Crippen LogP contribution in [0.1, 0.15) is 29.6 Å². The van der Waals surface area contributed by atoms with E-state index in [1.165, 1.54) is 11.1 Å². The van der Waals surface area contributed by atoms with Crippen LogP contribution in [0.15, 0.2) is 24.5 Å². The quantitative estimate of drug-likeness (QED) is 0.596. The maximum Gasteiger partial charge on any atom is 0.295 e. The van der Waals surface area contributed by atoms with Crippen molar-refractivity contribution in [2.24, 2.45) is 5.41 Å². The fourth-order valence-corrected chi connectivity index (χ4v) is 3.46. The van der Waals surface area contributed by atoms with Crippen LogP contribution in [0.2, 0.25) is 0 Å². The highest BCUT2D eigenvalue weighted by atomic mass is 16.2. The fraction of sp³-hybridized carbons (Fsp3) is 0.500. The summed E-state index contributed by atoms with van der Waals surface area (Å²) in [5.41, 5.74) is -0.196. The van der Waals surface area contributed by atoms with Crippen LogP contribution in [0.25, 0.3) is 0 Å². The van der Waals surface area contributed by atoms with Gasteiger partial charge >= 0.3 is 0 Å². The van der Waals surface area contributed by atoms with Crippen molar-refractivity contribution in [2.45, 2.75) is 19.3 Å². The number of amides is 2. The van der Waals surface area contributed by atoms with Crippen LogP contribution in [0.3, 0.4) is 0 Å². The minimum Gasteiger partial charge on any atom is -0.345 e. The maximum atomic E-state index is 12.5. The van der Waals surface area contributed by atoms with Gasteiger partial charge in [0.2, 0.25) is 5.91 Å². The fourth-order valence-electron chi connectivity index (χ4n) is 3.46. The van der Waals surface area contributed by atoms with E-state index in [4.69, 9.17) is 0 Å². The smallest absolute Gasteiger partial charge is 0.295 e. The molecule has 2 aliphatic rings. The normalized spacial score (nSPS) is 24.9. The van der Waals surface area contributed by atoms with Gasteiger partial charge in [-0.2, -0.15) is 0 Å². The van der Waals surface area contributed by atoms with Gasteiger partial charge in [0.1, 0.15) is 0 Å². The molecule has 0 N–H and O–H groups in total. The van der Waals surface area contributed by atoms with Gasteiger partial charge in [0.15, 0.2) is 0 Å². The first-order chi connectivity index (χ1) is 10.5. The molecular weight excluding hydrogens is 282 g/mol. The molecule has 0 aliphatic carbocycles. The van der Waals surface area contributed by atoms with E-state index in [0.29, 0.717) is 25.1 Å². The third kappa shape index (κ3) is 2.38. The van der Waals surface area contributed by atoms with Gasteiger partial charge in [0, 0.05) is 44.6 Å². The van der Waals surface area contributed by atoms with Crippen LogP contribution in [0.5, 0.6) is 0 Å². The molecule has 2 aliphatic heterocycles. The molecule has 116 valence electrons. The van der Waals surface area contributed by atoms with E-state index in [2.05, 4.69) is 4.98 Å². The molecule has 1 aromatic heterocycles. The minimum atomic E-state index is -0.554. The number of rotatable bonds is 2. The van der Waals surface area contributed by atoms with Crippen molar-refractivity contribution in [2.75, 3.05) is 26.7 Å². The average molecular weight is 301 g/mol. The number of likely N-dealkylation sites (tertiary alicyclic amines) is 2. The topological polar surface area (TPSA) is 70.6 Å². The number of hydrogen-bond donors (Lipinski definition) is 0. The van der Waals surface area contributed by atoms with E-state index < -0.39 is 17.1 Å². The molecular formula is C16H19N3O3. The molecule has 2 saturated heterocycles. The summed E-state index contributed by atoms with van der Waals surface area (Å²) in [6.07, 6.45) is 5.33. The zero-order chi connectivity index (χ0) is 15.7. The number of piperidine rings is 1. The minimum absolute atomic E-state index is 0.0999. The molecule has 0 unspecified atom stereocenters. The second-order valence-electron chi connectivity index (χ2n) is 6.16. The first-order valence-electron chi connectivity index (χ1n) is 7.53. The van der Waals surface area contributed by atoms with E-state index in [0.717, 1.165) is 19.4 Å². The van der Waals surface area contributed by atoms with Crippen LogP contribution in [-0.2, 0) is 9.59 Å². The molecule has 3 rings (SSSR count). The Morgan fingerprint density at radius 3 is 2.82 bits per heavy atom. The van der Waals surface area contributed by atoms with Crippen molar-refractivity contribution in [1.29, 1.82) is 0 Å². The first kappa shape index (κ1) is 14.7. The zero-order valence-corrected chi connectivity index (χ0v) is 12.6. The lowest BCUT2D eigenvalue weighted by molar-refractivity contribution is -0.144. The van der Waals surface area contributed by atoms with Crippen LogP contribution in [0.4, 0.5) is 0 Å². The molecule has 6 heteroatoms. The zero-order valence-electron chi connectivity index (χ0n) is 12.6. The Kier molecular flexibility index (Phi) is 3.68. The van der Waals surface area contributed by atoms with Crippen LogP contribution < -0.4 is 0 Å². The van der Waals surface area contributed by atoms with Gasteiger partial charge in [0.05, 0.1) is 5.41 Å². The second-order valence-corrected chi connectivity index (χ2v) is 6.16. The molecule has 22 heavy (non-hydrogen) atoms. The van der Waals surface area contributed by atoms with E-state index in [1.807, 2.05) is 0 Å². The molecule has 6 nitrogen and oxygen atoms in total. The highest BCUT2D eigenvalue weighted by Crippen LogP contribution is 2.39. The summed E-state index contributed by atoms with van der Waals surface area (Å²) in [5, 5.41) is 0. The molecule has 1 atom stereocenters. The summed E-state index contributed by atoms with van der Waals surface area (Å²) in [4.78, 5) is 44.2. The number of ketones is 1. The van der Waals surface area contributed by atoms with Gasteiger partial charge in [0.25, 0.3) is 11.7 Å². The second kappa shape index (κ2) is 5.51. The van der Waals surface area contributed by atoms with Crippen molar-refractivity contribution in [3.63, 3.8) is 0 Å². The molecule has 1 aromatic rings. The average Bonchev–Trinajstić information content (AvgIpc) is 2.97. The largest absolute Gasteiger partial charge is 0.345 e. The van der Waals surface area contributed by atoms with Crippen molar-refractivity contribution in [3.8, 4) is 0 Å². The first-order valence-corrected chi connectivity index (χ1v) is 7.53. The van der Waals surface area contributed by atoms with Gasteiger partial charge in [-0.3, -0.25) is 19.4 Å². The Morgan fingerprint density at radius 1 is 1.27 bits per heavy atom. The summed E-state index contributed by atoms with van der Waals surface area (Å²) >= 11 is 0. The number of nitrogens with zero attached hydrogens (tertiary/aromatic N) is 3. The number of Topliss-reactive ketones (excluding diaryl/α,β-unsaturated/α-hetero) is 1. The van der Waals surface area contributed by atoms with E-state index >= 15 is 0 Å². The van der Waals surface area contributed by atoms with Crippen LogP contribution in [-0.4, -0.2) is 59.1 Å². The van der Waals surface area contributed by atoms with E-state index in [1.54, 1.807) is 30.3 Å². The third-order valence-corrected chi connectivity index (χ3v) is 4.71. The van der Waals surface area contributed by atoms with E-state index in [9.17, 15) is 14.4 Å². The summed E-state index contributed by atoms with van der Waals surface area (Å²) in [6, 6.07) is 3.21. The Balaban J connectivity index is 1.74. The lowest BCUT2D eigenvalue weighted by Crippen LogP contribution is -2.49. The summed E-state index contributed by atoms with van der Waals surface area (Å²) in [7, 11) is 1.80. The molecule has 3 heterocycles. The molecule has 0 bridgehead atoms. The lowest BCUT2D eigenvalue weighted by Gasteiger charge is -2.37. The lowest BCUT2D eigenvalue weighted by atomic mass is 9.78. The van der Waals surface area contributed by atoms with Crippen molar-refractivity contribution in [1.82, 2.24) is 14.8 Å². The highest BCUT2D eigenvalue weighted by molar-refractivity contribution is 6.42. The maximum absolute atomic E-state index is 12.5.